The van der Waals surface area contributed by atoms with Crippen LogP contribution in [0.2, 0.25) is 0 Å². The van der Waals surface area contributed by atoms with E-state index in [9.17, 15) is 10.2 Å². The molecule has 2 atom stereocenters. The highest BCUT2D eigenvalue weighted by molar-refractivity contribution is 5.72. The first-order valence-corrected chi connectivity index (χ1v) is 16.8. The lowest BCUT2D eigenvalue weighted by atomic mass is 10.0. The molecule has 0 spiro atoms. The van der Waals surface area contributed by atoms with E-state index >= 15 is 0 Å². The van der Waals surface area contributed by atoms with E-state index in [0.717, 1.165) is 50.5 Å². The summed E-state index contributed by atoms with van der Waals surface area (Å²) in [5.74, 6) is 3.31. The lowest BCUT2D eigenvalue weighted by Crippen LogP contribution is -2.15. The Morgan fingerprint density at radius 3 is 1.78 bits per heavy atom. The minimum Gasteiger partial charge on any atom is -0.507 e. The highest BCUT2D eigenvalue weighted by atomic mass is 16.5. The molecule has 0 amide bonds. The molecule has 2 N–H and O–H groups in total. The number of ether oxygens (including phenoxy) is 3. The zero-order valence-electron chi connectivity index (χ0n) is 28.0. The second-order valence-corrected chi connectivity index (χ2v) is 11.8. The minimum atomic E-state index is -0.00131. The molecule has 0 aliphatic carbocycles. The largest absolute Gasteiger partial charge is 0.507 e. The summed E-state index contributed by atoms with van der Waals surface area (Å²) in [6.45, 7) is 9.27. The first-order chi connectivity index (χ1) is 22.4. The quantitative estimate of drug-likeness (QED) is 0.105. The zero-order valence-corrected chi connectivity index (χ0v) is 28.0. The summed E-state index contributed by atoms with van der Waals surface area (Å²) in [5, 5.41) is 22.3. The maximum Gasteiger partial charge on any atom is 0.167 e. The summed E-state index contributed by atoms with van der Waals surface area (Å²) in [5.41, 5.74) is 1.60. The number of benzene rings is 3. The molecule has 0 saturated carbocycles. The molecule has 8 heteroatoms. The smallest absolute Gasteiger partial charge is 0.167 e. The Morgan fingerprint density at radius 2 is 1.22 bits per heavy atom. The fourth-order valence-electron chi connectivity index (χ4n) is 5.32. The Labute approximate surface area is 273 Å². The first kappa shape index (κ1) is 34.5. The molecule has 4 rings (SSSR count). The number of rotatable bonds is 18. The van der Waals surface area contributed by atoms with Gasteiger partial charge in [-0.1, -0.05) is 59.8 Å². The molecule has 1 aromatic heterocycles. The Balaban J connectivity index is 1.67. The molecule has 2 unspecified atom stereocenters. The summed E-state index contributed by atoms with van der Waals surface area (Å²) < 4.78 is 17.6. The van der Waals surface area contributed by atoms with Crippen LogP contribution in [0.1, 0.15) is 85.5 Å². The summed E-state index contributed by atoms with van der Waals surface area (Å²) >= 11 is 0. The van der Waals surface area contributed by atoms with E-state index in [1.54, 1.807) is 31.4 Å². The fourth-order valence-corrected chi connectivity index (χ4v) is 5.32. The first-order valence-electron chi connectivity index (χ1n) is 16.8. The lowest BCUT2D eigenvalue weighted by molar-refractivity contribution is 0.182. The zero-order chi connectivity index (χ0) is 32.9. The van der Waals surface area contributed by atoms with Crippen LogP contribution in [0.4, 0.5) is 0 Å². The predicted molar refractivity (Wildman–Crippen MR) is 184 cm³/mol. The number of hydrogen-bond donors (Lipinski definition) is 2. The molecular weight excluding hydrogens is 578 g/mol. The lowest BCUT2D eigenvalue weighted by Gasteiger charge is -2.18. The van der Waals surface area contributed by atoms with E-state index in [1.165, 1.54) is 12.8 Å². The van der Waals surface area contributed by atoms with Gasteiger partial charge in [-0.05, 0) is 80.1 Å². The second-order valence-electron chi connectivity index (χ2n) is 11.8. The molecule has 1 heterocycles. The van der Waals surface area contributed by atoms with Crippen molar-refractivity contribution in [1.82, 2.24) is 15.0 Å². The van der Waals surface area contributed by atoms with Crippen LogP contribution in [0, 0.1) is 5.92 Å². The number of aromatic nitrogens is 3. The molecule has 3 aromatic carbocycles. The standard InChI is InChI=1S/C38H49N3O5/c1-6-10-12-14-28(9-4)46-31-20-22-33(35(43)24-31)38-40-36(27-15-17-29(44-5)18-16-27)39-37(41-38)32-21-19-30(23-34(32)42)45-25-26(8-3)13-11-7-2/h15-24,26,28,42-43H,6-14,25H2,1-5H3. The third kappa shape index (κ3) is 9.35. The van der Waals surface area contributed by atoms with Crippen LogP contribution >= 0.6 is 0 Å². The van der Waals surface area contributed by atoms with Crippen LogP contribution in [-0.4, -0.2) is 45.0 Å². The maximum absolute atomic E-state index is 11.1. The highest BCUT2D eigenvalue weighted by Gasteiger charge is 2.19. The van der Waals surface area contributed by atoms with Crippen LogP contribution in [0.15, 0.2) is 60.7 Å². The van der Waals surface area contributed by atoms with Crippen molar-refractivity contribution in [2.24, 2.45) is 5.92 Å². The van der Waals surface area contributed by atoms with Crippen molar-refractivity contribution < 1.29 is 24.4 Å². The Hall–Kier alpha value is -4.33. The van der Waals surface area contributed by atoms with Crippen LogP contribution in [0.3, 0.4) is 0 Å². The minimum absolute atomic E-state index is 0.000244. The fraction of sp³-hybridized carbons (Fsp3) is 0.447. The van der Waals surface area contributed by atoms with Gasteiger partial charge >= 0.3 is 0 Å². The molecule has 0 bridgehead atoms. The van der Waals surface area contributed by atoms with Crippen molar-refractivity contribution >= 4 is 0 Å². The average molecular weight is 628 g/mol. The van der Waals surface area contributed by atoms with Gasteiger partial charge < -0.3 is 24.4 Å². The molecular formula is C38H49N3O5. The molecule has 8 nitrogen and oxygen atoms in total. The summed E-state index contributed by atoms with van der Waals surface area (Å²) in [6.07, 6.45) is 9.89. The highest BCUT2D eigenvalue weighted by Crippen LogP contribution is 2.36. The predicted octanol–water partition coefficient (Wildman–Crippen LogP) is 9.63. The van der Waals surface area contributed by atoms with Gasteiger partial charge in [0.15, 0.2) is 17.5 Å². The van der Waals surface area contributed by atoms with Gasteiger partial charge in [0.1, 0.15) is 28.7 Å². The number of unbranched alkanes of at least 4 members (excludes halogenated alkanes) is 3. The van der Waals surface area contributed by atoms with Crippen molar-refractivity contribution in [1.29, 1.82) is 0 Å². The van der Waals surface area contributed by atoms with E-state index in [2.05, 4.69) is 27.7 Å². The molecule has 246 valence electrons. The Kier molecular flexibility index (Phi) is 13.1. The number of aromatic hydroxyl groups is 2. The third-order valence-electron chi connectivity index (χ3n) is 8.32. The van der Waals surface area contributed by atoms with Gasteiger partial charge in [-0.2, -0.15) is 0 Å². The third-order valence-corrected chi connectivity index (χ3v) is 8.32. The summed E-state index contributed by atoms with van der Waals surface area (Å²) in [6, 6.07) is 17.8. The van der Waals surface area contributed by atoms with Gasteiger partial charge in [-0.15, -0.1) is 0 Å². The molecule has 0 aliphatic heterocycles. The molecule has 46 heavy (non-hydrogen) atoms. The number of methoxy groups -OCH3 is 1. The molecule has 0 radical (unpaired) electrons. The molecule has 4 aromatic rings. The topological polar surface area (TPSA) is 107 Å². The summed E-state index contributed by atoms with van der Waals surface area (Å²) in [4.78, 5) is 14.2. The molecule has 0 aliphatic rings. The van der Waals surface area contributed by atoms with Gasteiger partial charge in [-0.3, -0.25) is 0 Å². The van der Waals surface area contributed by atoms with Crippen LogP contribution < -0.4 is 14.2 Å². The van der Waals surface area contributed by atoms with E-state index < -0.39 is 0 Å². The van der Waals surface area contributed by atoms with Gasteiger partial charge in [0.05, 0.1) is 30.9 Å². The van der Waals surface area contributed by atoms with Crippen molar-refractivity contribution in [2.75, 3.05) is 13.7 Å². The Bertz CT molecular complexity index is 1530. The van der Waals surface area contributed by atoms with Gasteiger partial charge in [-0.25, -0.2) is 15.0 Å². The van der Waals surface area contributed by atoms with E-state index in [0.29, 0.717) is 46.7 Å². The molecule has 0 fully saturated rings. The van der Waals surface area contributed by atoms with E-state index in [-0.39, 0.29) is 29.3 Å². The number of nitrogens with zero attached hydrogens (tertiary/aromatic N) is 3. The number of phenols is 2. The van der Waals surface area contributed by atoms with Crippen molar-refractivity contribution in [3.05, 3.63) is 60.7 Å². The van der Waals surface area contributed by atoms with Crippen LogP contribution in [0.5, 0.6) is 28.7 Å². The van der Waals surface area contributed by atoms with Crippen molar-refractivity contribution in [3.8, 4) is 62.9 Å². The average Bonchev–Trinajstić information content (AvgIpc) is 3.08. The molecule has 0 saturated heterocycles. The van der Waals surface area contributed by atoms with Crippen molar-refractivity contribution in [3.63, 3.8) is 0 Å². The van der Waals surface area contributed by atoms with Crippen LogP contribution in [0.25, 0.3) is 34.2 Å². The SMILES string of the molecule is CCCCCC(CC)Oc1ccc(-c2nc(-c3ccc(OC)cc3)nc(-c3ccc(OCC(CC)CCCC)cc3O)n2)c(O)c1. The Morgan fingerprint density at radius 1 is 0.630 bits per heavy atom. The van der Waals surface area contributed by atoms with E-state index in [4.69, 9.17) is 29.2 Å². The van der Waals surface area contributed by atoms with Gasteiger partial charge in [0, 0.05) is 17.7 Å². The monoisotopic (exact) mass is 627 g/mol. The van der Waals surface area contributed by atoms with E-state index in [1.807, 2.05) is 36.4 Å². The number of hydrogen-bond acceptors (Lipinski definition) is 8. The second kappa shape index (κ2) is 17.4. The van der Waals surface area contributed by atoms with Gasteiger partial charge in [0.2, 0.25) is 0 Å². The van der Waals surface area contributed by atoms with Gasteiger partial charge in [0.25, 0.3) is 0 Å². The number of phenolic OH excluding ortho intramolecular Hbond substituents is 2. The maximum atomic E-state index is 11.1. The van der Waals surface area contributed by atoms with Crippen molar-refractivity contribution in [2.45, 2.75) is 91.6 Å². The normalized spacial score (nSPS) is 12.5. The summed E-state index contributed by atoms with van der Waals surface area (Å²) in [7, 11) is 1.61. The van der Waals surface area contributed by atoms with Crippen LogP contribution in [-0.2, 0) is 0 Å².